The first-order valence-corrected chi connectivity index (χ1v) is 4.29. The third kappa shape index (κ3) is 7.05. The van der Waals surface area contributed by atoms with Crippen molar-refractivity contribution < 1.29 is 0 Å². The highest BCUT2D eigenvalue weighted by atomic mass is 15.3. The Kier molecular flexibility index (Phi) is 11.2. The van der Waals surface area contributed by atoms with Crippen LogP contribution in [0.1, 0.15) is 39.3 Å². The van der Waals surface area contributed by atoms with Gasteiger partial charge in [-0.05, 0) is 13.8 Å². The Morgan fingerprint density at radius 3 is 0.917 bits per heavy atom. The maximum Gasteiger partial charge on any atom is 0.170 e. The Morgan fingerprint density at radius 1 is 0.583 bits per heavy atom. The van der Waals surface area contributed by atoms with E-state index in [1.165, 1.54) is 0 Å². The van der Waals surface area contributed by atoms with Crippen LogP contribution in [-0.2, 0) is 0 Å². The second kappa shape index (κ2) is 9.94. The quantitative estimate of drug-likeness (QED) is 0.597. The Bertz CT molecular complexity index is 150. The molecule has 0 aromatic carbocycles. The van der Waals surface area contributed by atoms with Gasteiger partial charge < -0.3 is 0 Å². The van der Waals surface area contributed by atoms with E-state index in [1.54, 1.807) is 13.8 Å². The Hall–Kier alpha value is -1.06. The van der Waals surface area contributed by atoms with Gasteiger partial charge in [0.1, 0.15) is 0 Å². The lowest BCUT2D eigenvalue weighted by atomic mass is 10.7. The van der Waals surface area contributed by atoms with Gasteiger partial charge in [0, 0.05) is 0 Å². The molecule has 0 fully saturated rings. The minimum atomic E-state index is 0.607. The SMILES string of the molecule is CC.CC.Cc1nnc(C)nn1. The van der Waals surface area contributed by atoms with Crippen molar-refractivity contribution in [3.8, 4) is 0 Å². The van der Waals surface area contributed by atoms with Crippen LogP contribution >= 0.6 is 0 Å². The van der Waals surface area contributed by atoms with Gasteiger partial charge >= 0.3 is 0 Å². The van der Waals surface area contributed by atoms with E-state index in [0.717, 1.165) is 0 Å². The average Bonchev–Trinajstić information content (AvgIpc) is 2.17. The van der Waals surface area contributed by atoms with E-state index in [9.17, 15) is 0 Å². The molecule has 0 aliphatic heterocycles. The number of aromatic nitrogens is 4. The molecule has 12 heavy (non-hydrogen) atoms. The molecule has 0 bridgehead atoms. The van der Waals surface area contributed by atoms with Crippen molar-refractivity contribution in [2.75, 3.05) is 0 Å². The van der Waals surface area contributed by atoms with Gasteiger partial charge in [-0.2, -0.15) is 0 Å². The summed E-state index contributed by atoms with van der Waals surface area (Å²) in [5.41, 5.74) is 0. The minimum absolute atomic E-state index is 0.607. The number of rotatable bonds is 0. The van der Waals surface area contributed by atoms with Crippen LogP contribution in [0.3, 0.4) is 0 Å². The zero-order valence-corrected chi connectivity index (χ0v) is 8.79. The summed E-state index contributed by atoms with van der Waals surface area (Å²) < 4.78 is 0. The van der Waals surface area contributed by atoms with Gasteiger partial charge in [0.25, 0.3) is 0 Å². The van der Waals surface area contributed by atoms with Crippen molar-refractivity contribution in [3.63, 3.8) is 0 Å². The zero-order chi connectivity index (χ0) is 9.98. The van der Waals surface area contributed by atoms with E-state index in [4.69, 9.17) is 0 Å². The van der Waals surface area contributed by atoms with Crippen LogP contribution in [0.25, 0.3) is 0 Å². The Balaban J connectivity index is 0. The lowest BCUT2D eigenvalue weighted by Crippen LogP contribution is -1.97. The second-order valence-electron chi connectivity index (χ2n) is 1.49. The Morgan fingerprint density at radius 2 is 0.750 bits per heavy atom. The molecule has 1 rings (SSSR count). The van der Waals surface area contributed by atoms with E-state index in [0.29, 0.717) is 11.6 Å². The maximum atomic E-state index is 3.66. The molecule has 1 aromatic heterocycles. The number of nitrogens with zero attached hydrogens (tertiary/aromatic N) is 4. The molecule has 1 heterocycles. The van der Waals surface area contributed by atoms with Gasteiger partial charge in [-0.3, -0.25) is 0 Å². The predicted molar refractivity (Wildman–Crippen MR) is 49.8 cm³/mol. The monoisotopic (exact) mass is 170 g/mol. The average molecular weight is 170 g/mol. The summed E-state index contributed by atoms with van der Waals surface area (Å²) in [6.07, 6.45) is 0. The van der Waals surface area contributed by atoms with Crippen LogP contribution in [0.15, 0.2) is 0 Å². The molecule has 0 aliphatic rings. The highest BCUT2D eigenvalue weighted by Gasteiger charge is 1.86. The van der Waals surface area contributed by atoms with Crippen LogP contribution in [0.5, 0.6) is 0 Å². The molecular formula is C8H18N4. The third-order valence-corrected chi connectivity index (χ3v) is 0.679. The zero-order valence-electron chi connectivity index (χ0n) is 8.79. The highest BCUT2D eigenvalue weighted by molar-refractivity contribution is 4.73. The third-order valence-electron chi connectivity index (χ3n) is 0.679. The molecule has 0 radical (unpaired) electrons. The summed E-state index contributed by atoms with van der Waals surface area (Å²) in [5.74, 6) is 1.21. The molecular weight excluding hydrogens is 152 g/mol. The molecule has 4 nitrogen and oxygen atoms in total. The van der Waals surface area contributed by atoms with E-state index in [-0.39, 0.29) is 0 Å². The first-order valence-electron chi connectivity index (χ1n) is 4.29. The van der Waals surface area contributed by atoms with Gasteiger partial charge in [-0.25, -0.2) is 0 Å². The summed E-state index contributed by atoms with van der Waals surface area (Å²) in [7, 11) is 0. The first-order chi connectivity index (χ1) is 5.79. The summed E-state index contributed by atoms with van der Waals surface area (Å²) in [6, 6.07) is 0. The van der Waals surface area contributed by atoms with Crippen molar-refractivity contribution in [2.24, 2.45) is 0 Å². The van der Waals surface area contributed by atoms with Crippen molar-refractivity contribution in [2.45, 2.75) is 41.5 Å². The van der Waals surface area contributed by atoms with Crippen molar-refractivity contribution in [1.29, 1.82) is 0 Å². The van der Waals surface area contributed by atoms with E-state index < -0.39 is 0 Å². The molecule has 0 spiro atoms. The summed E-state index contributed by atoms with van der Waals surface area (Å²) in [4.78, 5) is 0. The lowest BCUT2D eigenvalue weighted by molar-refractivity contribution is 0.767. The van der Waals surface area contributed by atoms with Crippen LogP contribution in [-0.4, -0.2) is 20.4 Å². The van der Waals surface area contributed by atoms with E-state index in [2.05, 4.69) is 20.4 Å². The highest BCUT2D eigenvalue weighted by Crippen LogP contribution is 1.78. The van der Waals surface area contributed by atoms with Crippen molar-refractivity contribution in [3.05, 3.63) is 11.6 Å². The molecule has 4 heteroatoms. The maximum absolute atomic E-state index is 3.66. The number of hydrogen-bond acceptors (Lipinski definition) is 4. The normalized spacial score (nSPS) is 7.17. The van der Waals surface area contributed by atoms with Gasteiger partial charge in [-0.15, -0.1) is 20.4 Å². The molecule has 0 saturated carbocycles. The summed E-state index contributed by atoms with van der Waals surface area (Å²) in [5, 5.41) is 14.6. The fourth-order valence-electron chi connectivity index (χ4n) is 0.329. The molecule has 0 unspecified atom stereocenters. The van der Waals surface area contributed by atoms with Gasteiger partial charge in [0.05, 0.1) is 0 Å². The summed E-state index contributed by atoms with van der Waals surface area (Å²) in [6.45, 7) is 11.5. The lowest BCUT2D eigenvalue weighted by Gasteiger charge is -1.85. The standard InChI is InChI=1S/C4H6N4.2C2H6/c1-3-5-7-4(2)8-6-3;2*1-2/h1-2H3;2*1-2H3. The number of hydrogen-bond donors (Lipinski definition) is 0. The Labute approximate surface area is 74.4 Å². The van der Waals surface area contributed by atoms with Gasteiger partial charge in [0.15, 0.2) is 11.6 Å². The fourth-order valence-corrected chi connectivity index (χ4v) is 0.329. The van der Waals surface area contributed by atoms with Crippen LogP contribution in [0.4, 0.5) is 0 Å². The summed E-state index contributed by atoms with van der Waals surface area (Å²) >= 11 is 0. The predicted octanol–water partition coefficient (Wildman–Crippen LogP) is 1.94. The van der Waals surface area contributed by atoms with Gasteiger partial charge in [0.2, 0.25) is 0 Å². The molecule has 0 N–H and O–H groups in total. The molecule has 0 saturated heterocycles. The molecule has 0 atom stereocenters. The van der Waals surface area contributed by atoms with Crippen LogP contribution in [0, 0.1) is 13.8 Å². The minimum Gasteiger partial charge on any atom is -0.132 e. The van der Waals surface area contributed by atoms with E-state index >= 15 is 0 Å². The van der Waals surface area contributed by atoms with Crippen LogP contribution < -0.4 is 0 Å². The van der Waals surface area contributed by atoms with E-state index in [1.807, 2.05) is 27.7 Å². The largest absolute Gasteiger partial charge is 0.170 e. The molecule has 1 aromatic rings. The first kappa shape index (κ1) is 13.5. The molecule has 70 valence electrons. The van der Waals surface area contributed by atoms with Gasteiger partial charge in [-0.1, -0.05) is 27.7 Å². The molecule has 0 amide bonds. The molecule has 0 aliphatic carbocycles. The smallest absolute Gasteiger partial charge is 0.132 e. The van der Waals surface area contributed by atoms with Crippen molar-refractivity contribution in [1.82, 2.24) is 20.4 Å². The second-order valence-corrected chi connectivity index (χ2v) is 1.49. The topological polar surface area (TPSA) is 51.6 Å². The van der Waals surface area contributed by atoms with Crippen LogP contribution in [0.2, 0.25) is 0 Å². The van der Waals surface area contributed by atoms with Crippen molar-refractivity contribution >= 4 is 0 Å². The fraction of sp³-hybridized carbons (Fsp3) is 0.750. The number of aryl methyl sites for hydroxylation is 2.